The predicted octanol–water partition coefficient (Wildman–Crippen LogP) is 1.23. The van der Waals surface area contributed by atoms with Gasteiger partial charge >= 0.3 is 12.0 Å². The Balaban J connectivity index is 1.42. The molecule has 2 N–H and O–H groups in total. The van der Waals surface area contributed by atoms with Crippen LogP contribution in [0.2, 0.25) is 0 Å². The van der Waals surface area contributed by atoms with Gasteiger partial charge in [-0.15, -0.1) is 0 Å². The first-order valence-corrected chi connectivity index (χ1v) is 9.58. The summed E-state index contributed by atoms with van der Waals surface area (Å²) in [5.74, 6) is -2.55. The van der Waals surface area contributed by atoms with Crippen LogP contribution >= 0.6 is 0 Å². The quantitative estimate of drug-likeness (QED) is 0.565. The summed E-state index contributed by atoms with van der Waals surface area (Å²) < 4.78 is 4.80. The van der Waals surface area contributed by atoms with Gasteiger partial charge in [0.25, 0.3) is 17.7 Å². The van der Waals surface area contributed by atoms with E-state index >= 15 is 0 Å². The lowest BCUT2D eigenvalue weighted by Crippen LogP contribution is -2.48. The van der Waals surface area contributed by atoms with Crippen LogP contribution in [0.15, 0.2) is 24.3 Å². The second kappa shape index (κ2) is 8.85. The fraction of sp³-hybridized carbons (Fsp3) is 0.450. The third-order valence-corrected chi connectivity index (χ3v) is 5.21. The van der Waals surface area contributed by atoms with E-state index in [2.05, 4.69) is 10.6 Å². The van der Waals surface area contributed by atoms with Crippen molar-refractivity contribution in [3.05, 3.63) is 35.4 Å². The van der Waals surface area contributed by atoms with Crippen molar-refractivity contribution in [2.24, 2.45) is 5.92 Å². The highest BCUT2D eigenvalue weighted by atomic mass is 16.5. The van der Waals surface area contributed by atoms with Crippen molar-refractivity contribution in [1.29, 1.82) is 0 Å². The molecule has 0 radical (unpaired) electrons. The van der Waals surface area contributed by atoms with E-state index in [1.165, 1.54) is 12.1 Å². The van der Waals surface area contributed by atoms with Crippen molar-refractivity contribution in [3.63, 3.8) is 0 Å². The molecular weight excluding hydrogens is 378 g/mol. The third kappa shape index (κ3) is 4.79. The standard InChI is InChI=1S/C20H23N3O6/c1-12-6-2-5-9-15(12)21-20(28)22-16(24)11-29-17(25)10-23-18(26)13-7-3-4-8-14(13)19(23)27/h3-4,7-8,12,15H,2,5-6,9-11H2,1H3,(H2,21,22,24,28)/t12-,15-/m0/s1. The van der Waals surface area contributed by atoms with Crippen LogP contribution in [-0.2, 0) is 14.3 Å². The monoisotopic (exact) mass is 401 g/mol. The van der Waals surface area contributed by atoms with E-state index in [0.29, 0.717) is 5.92 Å². The number of nitrogens with zero attached hydrogens (tertiary/aromatic N) is 1. The number of imide groups is 2. The number of benzene rings is 1. The maximum absolute atomic E-state index is 12.2. The Bertz CT molecular complexity index is 817. The molecular formula is C20H23N3O6. The molecule has 3 rings (SSSR count). The van der Waals surface area contributed by atoms with Crippen LogP contribution in [0.1, 0.15) is 53.3 Å². The van der Waals surface area contributed by atoms with Gasteiger partial charge in [-0.3, -0.25) is 29.4 Å². The van der Waals surface area contributed by atoms with E-state index in [-0.39, 0.29) is 17.2 Å². The summed E-state index contributed by atoms with van der Waals surface area (Å²) in [6.07, 6.45) is 4.04. The van der Waals surface area contributed by atoms with E-state index in [0.717, 1.165) is 30.6 Å². The van der Waals surface area contributed by atoms with Gasteiger partial charge in [-0.1, -0.05) is 31.9 Å². The van der Waals surface area contributed by atoms with Gasteiger partial charge in [0.05, 0.1) is 11.1 Å². The highest BCUT2D eigenvalue weighted by Crippen LogP contribution is 2.23. The number of ether oxygens (including phenoxy) is 1. The molecule has 2 aliphatic rings. The third-order valence-electron chi connectivity index (χ3n) is 5.21. The molecule has 1 saturated carbocycles. The first kappa shape index (κ1) is 20.5. The molecule has 154 valence electrons. The lowest BCUT2D eigenvalue weighted by molar-refractivity contribution is -0.148. The highest BCUT2D eigenvalue weighted by Gasteiger charge is 2.36. The predicted molar refractivity (Wildman–Crippen MR) is 101 cm³/mol. The van der Waals surface area contributed by atoms with Crippen molar-refractivity contribution in [2.45, 2.75) is 38.6 Å². The first-order valence-electron chi connectivity index (χ1n) is 9.58. The van der Waals surface area contributed by atoms with Crippen LogP contribution in [0, 0.1) is 5.92 Å². The summed E-state index contributed by atoms with van der Waals surface area (Å²) in [6.45, 7) is 0.758. The number of nitrogens with one attached hydrogen (secondary N) is 2. The molecule has 9 heteroatoms. The molecule has 29 heavy (non-hydrogen) atoms. The van der Waals surface area contributed by atoms with E-state index in [9.17, 15) is 24.0 Å². The Morgan fingerprint density at radius 3 is 2.31 bits per heavy atom. The van der Waals surface area contributed by atoms with E-state index < -0.39 is 42.9 Å². The van der Waals surface area contributed by atoms with Crippen LogP contribution in [0.4, 0.5) is 4.79 Å². The SMILES string of the molecule is C[C@H]1CCCC[C@@H]1NC(=O)NC(=O)COC(=O)CN1C(=O)c2ccccc2C1=O. The van der Waals surface area contributed by atoms with Crippen LogP contribution in [0.25, 0.3) is 0 Å². The minimum Gasteiger partial charge on any atom is -0.454 e. The summed E-state index contributed by atoms with van der Waals surface area (Å²) in [5, 5.41) is 4.87. The zero-order chi connectivity index (χ0) is 21.0. The van der Waals surface area contributed by atoms with Gasteiger partial charge in [-0.25, -0.2) is 4.79 Å². The lowest BCUT2D eigenvalue weighted by Gasteiger charge is -2.29. The fourth-order valence-electron chi connectivity index (χ4n) is 3.60. The van der Waals surface area contributed by atoms with Crippen LogP contribution < -0.4 is 10.6 Å². The molecule has 0 bridgehead atoms. The minimum absolute atomic E-state index is 0.00734. The zero-order valence-corrected chi connectivity index (χ0v) is 16.1. The Labute approximate surface area is 167 Å². The number of esters is 1. The van der Waals surface area contributed by atoms with Crippen LogP contribution in [0.3, 0.4) is 0 Å². The fourth-order valence-corrected chi connectivity index (χ4v) is 3.60. The highest BCUT2D eigenvalue weighted by molar-refractivity contribution is 6.22. The second-order valence-electron chi connectivity index (χ2n) is 7.29. The van der Waals surface area contributed by atoms with Crippen molar-refractivity contribution in [2.75, 3.05) is 13.2 Å². The summed E-state index contributed by atoms with van der Waals surface area (Å²) in [4.78, 5) is 60.9. The molecule has 1 aromatic rings. The van der Waals surface area contributed by atoms with E-state index in [1.807, 2.05) is 6.92 Å². The zero-order valence-electron chi connectivity index (χ0n) is 16.1. The van der Waals surface area contributed by atoms with Gasteiger partial charge in [0, 0.05) is 6.04 Å². The van der Waals surface area contributed by atoms with Gasteiger partial charge in [-0.05, 0) is 30.9 Å². The summed E-state index contributed by atoms with van der Waals surface area (Å²) in [5.41, 5.74) is 0.438. The van der Waals surface area contributed by atoms with Gasteiger partial charge in [-0.2, -0.15) is 0 Å². The molecule has 1 aliphatic carbocycles. The number of rotatable bonds is 5. The number of hydrogen-bond donors (Lipinski definition) is 2. The van der Waals surface area contributed by atoms with Crippen molar-refractivity contribution < 1.29 is 28.7 Å². The Morgan fingerprint density at radius 2 is 1.69 bits per heavy atom. The molecule has 1 fully saturated rings. The van der Waals surface area contributed by atoms with Crippen molar-refractivity contribution in [3.8, 4) is 0 Å². The number of carbonyl (C=O) groups excluding carboxylic acids is 5. The van der Waals surface area contributed by atoms with Crippen molar-refractivity contribution in [1.82, 2.24) is 15.5 Å². The maximum Gasteiger partial charge on any atom is 0.326 e. The van der Waals surface area contributed by atoms with Gasteiger partial charge < -0.3 is 10.1 Å². The molecule has 0 saturated heterocycles. The Kier molecular flexibility index (Phi) is 6.26. The molecule has 0 unspecified atom stereocenters. The molecule has 1 aromatic carbocycles. The minimum atomic E-state index is -0.920. The molecule has 1 aliphatic heterocycles. The molecule has 0 aromatic heterocycles. The number of carbonyl (C=O) groups is 5. The van der Waals surface area contributed by atoms with Gasteiger partial charge in [0.15, 0.2) is 6.61 Å². The average Bonchev–Trinajstić information content (AvgIpc) is 2.93. The average molecular weight is 401 g/mol. The Hall–Kier alpha value is -3.23. The lowest BCUT2D eigenvalue weighted by atomic mass is 9.86. The summed E-state index contributed by atoms with van der Waals surface area (Å²) in [6, 6.07) is 5.61. The number of amides is 5. The largest absolute Gasteiger partial charge is 0.454 e. The molecule has 5 amide bonds. The Morgan fingerprint density at radius 1 is 1.07 bits per heavy atom. The van der Waals surface area contributed by atoms with Crippen LogP contribution in [0.5, 0.6) is 0 Å². The summed E-state index contributed by atoms with van der Waals surface area (Å²) in [7, 11) is 0. The first-order chi connectivity index (χ1) is 13.9. The topological polar surface area (TPSA) is 122 Å². The van der Waals surface area contributed by atoms with Gasteiger partial charge in [0.1, 0.15) is 6.54 Å². The number of hydrogen-bond acceptors (Lipinski definition) is 6. The smallest absolute Gasteiger partial charge is 0.326 e. The summed E-state index contributed by atoms with van der Waals surface area (Å²) >= 11 is 0. The normalized spacial score (nSPS) is 20.8. The van der Waals surface area contributed by atoms with Crippen LogP contribution in [-0.4, -0.2) is 53.8 Å². The molecule has 9 nitrogen and oxygen atoms in total. The maximum atomic E-state index is 12.2. The molecule has 0 spiro atoms. The molecule has 1 heterocycles. The second-order valence-corrected chi connectivity index (χ2v) is 7.29. The number of fused-ring (bicyclic) bond motifs is 1. The van der Waals surface area contributed by atoms with E-state index in [1.54, 1.807) is 12.1 Å². The molecule has 2 atom stereocenters. The van der Waals surface area contributed by atoms with Gasteiger partial charge in [0.2, 0.25) is 0 Å². The van der Waals surface area contributed by atoms with E-state index in [4.69, 9.17) is 4.74 Å². The van der Waals surface area contributed by atoms with Crippen molar-refractivity contribution >= 4 is 29.7 Å². The number of urea groups is 1.